The van der Waals surface area contributed by atoms with Crippen LogP contribution in [0.25, 0.3) is 0 Å². The number of hydrogen-bond donors (Lipinski definition) is 1. The van der Waals surface area contributed by atoms with E-state index in [1.54, 1.807) is 0 Å². The van der Waals surface area contributed by atoms with Crippen molar-refractivity contribution in [2.24, 2.45) is 5.73 Å². The Morgan fingerprint density at radius 2 is 2.25 bits per heavy atom. The Balaban J connectivity index is 3.07. The van der Waals surface area contributed by atoms with Crippen LogP contribution in [0, 0.1) is 0 Å². The molecule has 1 unspecified atom stereocenters. The highest BCUT2D eigenvalue weighted by molar-refractivity contribution is 4.87. The van der Waals surface area contributed by atoms with Crippen LogP contribution in [-0.2, 0) is 0 Å². The zero-order valence-corrected chi connectivity index (χ0v) is 5.72. The lowest BCUT2D eigenvalue weighted by Crippen LogP contribution is -2.09. The molecule has 0 aliphatic carbocycles. The molecule has 0 saturated heterocycles. The first kappa shape index (κ1) is 7.70. The number of nitrogens with two attached hydrogens (primary N) is 1. The molecule has 1 heteroatoms. The molecule has 8 heavy (non-hydrogen) atoms. The molecule has 0 fully saturated rings. The van der Waals surface area contributed by atoms with Gasteiger partial charge in [0.25, 0.3) is 0 Å². The molecule has 0 aliphatic rings. The molecule has 0 rings (SSSR count). The van der Waals surface area contributed by atoms with Crippen molar-refractivity contribution in [1.29, 1.82) is 0 Å². The lowest BCUT2D eigenvalue weighted by atomic mass is 10.2. The average Bonchev–Trinajstić information content (AvgIpc) is 1.66. The van der Waals surface area contributed by atoms with E-state index >= 15 is 0 Å². The van der Waals surface area contributed by atoms with Crippen LogP contribution in [0.2, 0.25) is 0 Å². The lowest BCUT2D eigenvalue weighted by molar-refractivity contribution is 0.897. The van der Waals surface area contributed by atoms with E-state index in [0.29, 0.717) is 0 Å². The van der Waals surface area contributed by atoms with Gasteiger partial charge in [-0.15, -0.1) is 0 Å². The first-order valence-electron chi connectivity index (χ1n) is 3.19. The first-order chi connectivity index (χ1) is 3.77. The van der Waals surface area contributed by atoms with Crippen molar-refractivity contribution >= 4 is 0 Å². The van der Waals surface area contributed by atoms with Gasteiger partial charge in [-0.05, 0) is 13.3 Å². The molecular formula is C7H15N. The van der Waals surface area contributed by atoms with E-state index in [2.05, 4.69) is 13.0 Å². The standard InChI is InChI=1S/C7H15N/c1-3-4-5-6-7(2)8/h5-7H,3-4,8H2,1-2H3/b6-5+. The fourth-order valence-electron chi connectivity index (χ4n) is 0.478. The summed E-state index contributed by atoms with van der Waals surface area (Å²) in [6.45, 7) is 4.14. The van der Waals surface area contributed by atoms with Crippen LogP contribution in [-0.4, -0.2) is 6.04 Å². The van der Waals surface area contributed by atoms with E-state index in [-0.39, 0.29) is 6.04 Å². The van der Waals surface area contributed by atoms with Gasteiger partial charge in [0.1, 0.15) is 0 Å². The van der Waals surface area contributed by atoms with E-state index in [4.69, 9.17) is 5.73 Å². The van der Waals surface area contributed by atoms with Gasteiger partial charge >= 0.3 is 0 Å². The smallest absolute Gasteiger partial charge is 0.0194 e. The molecule has 0 aromatic carbocycles. The summed E-state index contributed by atoms with van der Waals surface area (Å²) in [7, 11) is 0. The van der Waals surface area contributed by atoms with Crippen molar-refractivity contribution in [2.75, 3.05) is 0 Å². The predicted octanol–water partition coefficient (Wildman–Crippen LogP) is 1.69. The summed E-state index contributed by atoms with van der Waals surface area (Å²) in [6.07, 6.45) is 6.53. The van der Waals surface area contributed by atoms with Gasteiger partial charge in [-0.3, -0.25) is 0 Å². The SMILES string of the molecule is CCC/C=C/C(C)N. The molecule has 0 aliphatic heterocycles. The van der Waals surface area contributed by atoms with Gasteiger partial charge in [0.15, 0.2) is 0 Å². The van der Waals surface area contributed by atoms with Crippen molar-refractivity contribution in [3.05, 3.63) is 12.2 Å². The van der Waals surface area contributed by atoms with Gasteiger partial charge < -0.3 is 5.73 Å². The summed E-state index contributed by atoms with van der Waals surface area (Å²) in [4.78, 5) is 0. The van der Waals surface area contributed by atoms with Gasteiger partial charge in [-0.2, -0.15) is 0 Å². The quantitative estimate of drug-likeness (QED) is 0.554. The van der Waals surface area contributed by atoms with E-state index in [1.807, 2.05) is 13.0 Å². The third-order valence-electron chi connectivity index (χ3n) is 0.895. The Kier molecular flexibility index (Phi) is 4.67. The summed E-state index contributed by atoms with van der Waals surface area (Å²) >= 11 is 0. The van der Waals surface area contributed by atoms with Crippen molar-refractivity contribution < 1.29 is 0 Å². The zero-order valence-electron chi connectivity index (χ0n) is 5.72. The minimum absolute atomic E-state index is 0.224. The molecule has 1 nitrogen and oxygen atoms in total. The second-order valence-electron chi connectivity index (χ2n) is 2.08. The Bertz CT molecular complexity index is 64.8. The van der Waals surface area contributed by atoms with Crippen molar-refractivity contribution in [1.82, 2.24) is 0 Å². The third-order valence-corrected chi connectivity index (χ3v) is 0.895. The third kappa shape index (κ3) is 5.70. The van der Waals surface area contributed by atoms with E-state index in [0.717, 1.165) is 6.42 Å². The topological polar surface area (TPSA) is 26.0 Å². The monoisotopic (exact) mass is 113 g/mol. The second kappa shape index (κ2) is 4.85. The van der Waals surface area contributed by atoms with Crippen molar-refractivity contribution in [3.8, 4) is 0 Å². The molecule has 0 radical (unpaired) electrons. The molecule has 0 bridgehead atoms. The van der Waals surface area contributed by atoms with Crippen LogP contribution in [0.3, 0.4) is 0 Å². The normalized spacial score (nSPS) is 14.9. The van der Waals surface area contributed by atoms with E-state index in [1.165, 1.54) is 6.42 Å². The molecule has 0 aromatic heterocycles. The molecule has 0 spiro atoms. The van der Waals surface area contributed by atoms with Crippen LogP contribution in [0.15, 0.2) is 12.2 Å². The second-order valence-corrected chi connectivity index (χ2v) is 2.08. The van der Waals surface area contributed by atoms with Gasteiger partial charge in [0, 0.05) is 6.04 Å². The molecule has 2 N–H and O–H groups in total. The summed E-state index contributed by atoms with van der Waals surface area (Å²) in [6, 6.07) is 0.224. The average molecular weight is 113 g/mol. The molecule has 0 heterocycles. The van der Waals surface area contributed by atoms with Crippen LogP contribution >= 0.6 is 0 Å². The number of rotatable bonds is 3. The first-order valence-corrected chi connectivity index (χ1v) is 3.19. The lowest BCUT2D eigenvalue weighted by Gasteiger charge is -1.91. The van der Waals surface area contributed by atoms with Crippen LogP contribution < -0.4 is 5.73 Å². The van der Waals surface area contributed by atoms with Crippen LogP contribution in [0.1, 0.15) is 26.7 Å². The Hall–Kier alpha value is -0.300. The van der Waals surface area contributed by atoms with Gasteiger partial charge in [-0.1, -0.05) is 25.5 Å². The van der Waals surface area contributed by atoms with Gasteiger partial charge in [0.2, 0.25) is 0 Å². The van der Waals surface area contributed by atoms with Crippen LogP contribution in [0.5, 0.6) is 0 Å². The molecule has 1 atom stereocenters. The largest absolute Gasteiger partial charge is 0.325 e. The van der Waals surface area contributed by atoms with Crippen molar-refractivity contribution in [2.45, 2.75) is 32.7 Å². The highest BCUT2D eigenvalue weighted by Crippen LogP contribution is 1.88. The van der Waals surface area contributed by atoms with Crippen LogP contribution in [0.4, 0.5) is 0 Å². The molecular weight excluding hydrogens is 98.1 g/mol. The molecule has 48 valence electrons. The minimum Gasteiger partial charge on any atom is -0.325 e. The van der Waals surface area contributed by atoms with E-state index in [9.17, 15) is 0 Å². The Labute approximate surface area is 51.6 Å². The predicted molar refractivity (Wildman–Crippen MR) is 37.7 cm³/mol. The Morgan fingerprint density at radius 3 is 2.62 bits per heavy atom. The van der Waals surface area contributed by atoms with Gasteiger partial charge in [-0.25, -0.2) is 0 Å². The number of unbranched alkanes of at least 4 members (excludes halogenated alkanes) is 1. The molecule has 0 amide bonds. The Morgan fingerprint density at radius 1 is 1.62 bits per heavy atom. The maximum absolute atomic E-state index is 5.45. The molecule has 0 aromatic rings. The summed E-state index contributed by atoms with van der Waals surface area (Å²) in [5, 5.41) is 0. The van der Waals surface area contributed by atoms with Gasteiger partial charge in [0.05, 0.1) is 0 Å². The van der Waals surface area contributed by atoms with Crippen molar-refractivity contribution in [3.63, 3.8) is 0 Å². The zero-order chi connectivity index (χ0) is 6.41. The summed E-state index contributed by atoms with van der Waals surface area (Å²) in [5.41, 5.74) is 5.45. The summed E-state index contributed by atoms with van der Waals surface area (Å²) < 4.78 is 0. The minimum atomic E-state index is 0.224. The fourth-order valence-corrected chi connectivity index (χ4v) is 0.478. The fraction of sp³-hybridized carbons (Fsp3) is 0.714. The maximum Gasteiger partial charge on any atom is 0.0194 e. The highest BCUT2D eigenvalue weighted by Gasteiger charge is 1.79. The number of hydrogen-bond acceptors (Lipinski definition) is 1. The molecule has 0 saturated carbocycles. The van der Waals surface area contributed by atoms with E-state index < -0.39 is 0 Å². The maximum atomic E-state index is 5.45. The highest BCUT2D eigenvalue weighted by atomic mass is 14.6. The number of allylic oxidation sites excluding steroid dienone is 1. The summed E-state index contributed by atoms with van der Waals surface area (Å²) in [5.74, 6) is 0.